The van der Waals surface area contributed by atoms with E-state index in [1.807, 2.05) is 0 Å². The summed E-state index contributed by atoms with van der Waals surface area (Å²) in [7, 11) is 0. The molecule has 2 aromatic carbocycles. The third-order valence-electron chi connectivity index (χ3n) is 5.07. The number of anilines is 1. The van der Waals surface area contributed by atoms with E-state index in [2.05, 4.69) is 15.6 Å². The molecular weight excluding hydrogens is 533 g/mol. The van der Waals surface area contributed by atoms with Crippen LogP contribution in [0.4, 0.5) is 27.1 Å². The Hall–Kier alpha value is -3.42. The maximum absolute atomic E-state index is 13.9. The van der Waals surface area contributed by atoms with Crippen LogP contribution in [0.3, 0.4) is 0 Å². The van der Waals surface area contributed by atoms with Gasteiger partial charge in [-0.25, -0.2) is 13.8 Å². The van der Waals surface area contributed by atoms with Crippen LogP contribution in [-0.2, 0) is 15.7 Å². The van der Waals surface area contributed by atoms with Crippen molar-refractivity contribution in [3.63, 3.8) is 0 Å². The molecule has 0 radical (unpaired) electrons. The molecule has 0 aliphatic rings. The molecule has 13 heteroatoms. The fraction of sp³-hybridized carbons (Fsp3) is 0.320. The number of aromatic nitrogens is 1. The topological polar surface area (TPSA) is 89.5 Å². The molecule has 2 N–H and O–H groups in total. The van der Waals surface area contributed by atoms with E-state index in [-0.39, 0.29) is 27.8 Å². The number of rotatable bonds is 12. The van der Waals surface area contributed by atoms with Crippen molar-refractivity contribution in [3.8, 4) is 10.4 Å². The first-order valence-corrected chi connectivity index (χ1v) is 12.3. The van der Waals surface area contributed by atoms with Gasteiger partial charge in [0.1, 0.15) is 17.3 Å². The second kappa shape index (κ2) is 12.9. The highest BCUT2D eigenvalue weighted by Gasteiger charge is 2.31. The fourth-order valence-corrected chi connectivity index (χ4v) is 4.34. The van der Waals surface area contributed by atoms with Gasteiger partial charge < -0.3 is 20.1 Å². The van der Waals surface area contributed by atoms with Crippen molar-refractivity contribution in [2.24, 2.45) is 0 Å². The summed E-state index contributed by atoms with van der Waals surface area (Å²) in [5.74, 6) is -3.73. The lowest BCUT2D eigenvalue weighted by Crippen LogP contribution is -2.35. The molecule has 1 amide bonds. The van der Waals surface area contributed by atoms with Crippen molar-refractivity contribution in [3.05, 3.63) is 70.9 Å². The Kier molecular flexibility index (Phi) is 9.89. The summed E-state index contributed by atoms with van der Waals surface area (Å²) < 4.78 is 78.6. The van der Waals surface area contributed by atoms with Crippen LogP contribution >= 0.6 is 11.3 Å². The zero-order valence-electron chi connectivity index (χ0n) is 20.3. The molecule has 0 atom stereocenters. The van der Waals surface area contributed by atoms with Gasteiger partial charge in [-0.2, -0.15) is 13.2 Å². The first kappa shape index (κ1) is 29.1. The summed E-state index contributed by atoms with van der Waals surface area (Å²) in [6.07, 6.45) is -5.38. The molecular formula is C25H24F5N3O4S. The molecule has 0 bridgehead atoms. The van der Waals surface area contributed by atoms with Crippen molar-refractivity contribution in [2.75, 3.05) is 31.6 Å². The highest BCUT2D eigenvalue weighted by atomic mass is 32.1. The first-order chi connectivity index (χ1) is 18.0. The number of hydrogen-bond donors (Lipinski definition) is 2. The smallest absolute Gasteiger partial charge is 0.354 e. The monoisotopic (exact) mass is 557 g/mol. The number of benzene rings is 2. The molecule has 0 aliphatic heterocycles. The third kappa shape index (κ3) is 7.33. The van der Waals surface area contributed by atoms with Crippen LogP contribution in [0.25, 0.3) is 10.4 Å². The molecule has 0 unspecified atom stereocenters. The van der Waals surface area contributed by atoms with Crippen molar-refractivity contribution in [1.29, 1.82) is 0 Å². The lowest BCUT2D eigenvalue weighted by atomic mass is 10.1. The number of ether oxygens (including phenoxy) is 2. The summed E-state index contributed by atoms with van der Waals surface area (Å²) in [5.41, 5.74) is -1.82. The van der Waals surface area contributed by atoms with Crippen LogP contribution in [0.15, 0.2) is 42.5 Å². The minimum atomic E-state index is -4.62. The zero-order chi connectivity index (χ0) is 27.9. The molecule has 38 heavy (non-hydrogen) atoms. The molecule has 0 saturated heterocycles. The Bertz CT molecular complexity index is 1260. The second-order valence-corrected chi connectivity index (χ2v) is 8.70. The van der Waals surface area contributed by atoms with Gasteiger partial charge in [0.25, 0.3) is 5.91 Å². The van der Waals surface area contributed by atoms with Gasteiger partial charge in [-0.3, -0.25) is 9.59 Å². The van der Waals surface area contributed by atoms with Crippen molar-refractivity contribution < 1.29 is 41.0 Å². The van der Waals surface area contributed by atoms with Crippen molar-refractivity contribution in [1.82, 2.24) is 10.3 Å². The molecule has 0 fully saturated rings. The van der Waals surface area contributed by atoms with E-state index in [1.54, 1.807) is 13.8 Å². The minimum Gasteiger partial charge on any atom is -0.354 e. The number of halogens is 5. The van der Waals surface area contributed by atoms with Crippen molar-refractivity contribution >= 4 is 28.2 Å². The van der Waals surface area contributed by atoms with E-state index in [1.165, 1.54) is 12.1 Å². The molecule has 3 aromatic rings. The van der Waals surface area contributed by atoms with Gasteiger partial charge in [-0.1, -0.05) is 29.5 Å². The average Bonchev–Trinajstić information content (AvgIpc) is 3.30. The number of nitrogens with one attached hydrogen (secondary N) is 2. The van der Waals surface area contributed by atoms with Gasteiger partial charge in [0, 0.05) is 13.2 Å². The number of ketones is 1. The molecule has 1 heterocycles. The SMILES string of the molecule is CCOC(CNC(=O)c1nc(NCC(=O)c2c(F)cccc2F)sc1-c1cccc(C(F)(F)F)c1)OCC. The zero-order valence-corrected chi connectivity index (χ0v) is 21.1. The Morgan fingerprint density at radius 2 is 1.66 bits per heavy atom. The number of alkyl halides is 3. The average molecular weight is 558 g/mol. The van der Waals surface area contributed by atoms with Gasteiger partial charge in [-0.05, 0) is 43.7 Å². The molecule has 7 nitrogen and oxygen atoms in total. The van der Waals surface area contributed by atoms with Gasteiger partial charge in [0.15, 0.2) is 17.2 Å². The molecule has 0 aliphatic carbocycles. The Labute approximate surface area is 219 Å². The molecule has 0 spiro atoms. The summed E-state index contributed by atoms with van der Waals surface area (Å²) in [6.45, 7) is 3.48. The van der Waals surface area contributed by atoms with E-state index in [9.17, 15) is 31.5 Å². The van der Waals surface area contributed by atoms with E-state index < -0.39 is 53.5 Å². The van der Waals surface area contributed by atoms with E-state index in [0.29, 0.717) is 13.2 Å². The van der Waals surface area contributed by atoms with Gasteiger partial charge in [0.05, 0.1) is 29.1 Å². The summed E-state index contributed by atoms with van der Waals surface area (Å²) in [6, 6.07) is 7.32. The van der Waals surface area contributed by atoms with Crippen LogP contribution in [0.5, 0.6) is 0 Å². The Morgan fingerprint density at radius 3 is 2.26 bits per heavy atom. The van der Waals surface area contributed by atoms with E-state index in [0.717, 1.165) is 41.7 Å². The van der Waals surface area contributed by atoms with Crippen LogP contribution in [0, 0.1) is 11.6 Å². The minimum absolute atomic E-state index is 0.0150. The number of hydrogen-bond acceptors (Lipinski definition) is 7. The lowest BCUT2D eigenvalue weighted by molar-refractivity contribution is -0.137. The van der Waals surface area contributed by atoms with Crippen LogP contribution < -0.4 is 10.6 Å². The fourth-order valence-electron chi connectivity index (χ4n) is 3.39. The molecule has 1 aromatic heterocycles. The quantitative estimate of drug-likeness (QED) is 0.173. The predicted molar refractivity (Wildman–Crippen MR) is 131 cm³/mol. The van der Waals surface area contributed by atoms with Crippen LogP contribution in [0.2, 0.25) is 0 Å². The van der Waals surface area contributed by atoms with Gasteiger partial charge >= 0.3 is 6.18 Å². The maximum Gasteiger partial charge on any atom is 0.416 e. The highest BCUT2D eigenvalue weighted by Crippen LogP contribution is 2.37. The molecule has 204 valence electrons. The van der Waals surface area contributed by atoms with Crippen LogP contribution in [0.1, 0.15) is 40.3 Å². The van der Waals surface area contributed by atoms with E-state index in [4.69, 9.17) is 9.47 Å². The number of nitrogens with zero attached hydrogens (tertiary/aromatic N) is 1. The molecule has 0 saturated carbocycles. The summed E-state index contributed by atoms with van der Waals surface area (Å²) in [4.78, 5) is 29.7. The first-order valence-electron chi connectivity index (χ1n) is 11.5. The molecule has 3 rings (SSSR count). The predicted octanol–water partition coefficient (Wildman–Crippen LogP) is 5.53. The number of amides is 1. The summed E-state index contributed by atoms with van der Waals surface area (Å²) in [5, 5.41) is 5.17. The van der Waals surface area contributed by atoms with E-state index >= 15 is 0 Å². The number of carbonyl (C=O) groups excluding carboxylic acids is 2. The Balaban J connectivity index is 1.90. The normalized spacial score (nSPS) is 11.6. The maximum atomic E-state index is 13.9. The highest BCUT2D eigenvalue weighted by molar-refractivity contribution is 7.19. The largest absolute Gasteiger partial charge is 0.416 e. The third-order valence-corrected chi connectivity index (χ3v) is 6.13. The van der Waals surface area contributed by atoms with Crippen LogP contribution in [-0.4, -0.2) is 49.3 Å². The number of carbonyl (C=O) groups is 2. The summed E-state index contributed by atoms with van der Waals surface area (Å²) >= 11 is 0.808. The van der Waals surface area contributed by atoms with Gasteiger partial charge in [0.2, 0.25) is 0 Å². The second-order valence-electron chi connectivity index (χ2n) is 7.70. The standard InChI is InChI=1S/C25H24F5N3O4S/c1-3-36-19(37-4-2)13-31-23(35)21-22(14-7-5-8-15(11-14)25(28,29)30)38-24(33-21)32-12-18(34)20-16(26)9-6-10-17(20)27/h5-11,19H,3-4,12-13H2,1-2H3,(H,31,35)(H,32,33). The van der Waals surface area contributed by atoms with Crippen molar-refractivity contribution in [2.45, 2.75) is 26.3 Å². The number of Topliss-reactive ketones (excluding diaryl/α,β-unsaturated/α-hetero) is 1. The van der Waals surface area contributed by atoms with Gasteiger partial charge in [-0.15, -0.1) is 0 Å². The Morgan fingerprint density at radius 1 is 1.03 bits per heavy atom. The number of thiazole rings is 1. The lowest BCUT2D eigenvalue weighted by Gasteiger charge is -2.17.